The van der Waals surface area contributed by atoms with Gasteiger partial charge in [-0.25, -0.2) is 4.98 Å². The highest BCUT2D eigenvalue weighted by atomic mass is 35.5. The number of carboxylic acids is 1. The number of unbranched alkanes of at least 4 members (excludes halogenated alkanes) is 1. The molecule has 6 nitrogen and oxygen atoms in total. The largest absolute Gasteiger partial charge is 0.481 e. The Labute approximate surface area is 144 Å². The van der Waals surface area contributed by atoms with Gasteiger partial charge in [-0.15, -0.1) is 0 Å². The van der Waals surface area contributed by atoms with Gasteiger partial charge in [0.05, 0.1) is 6.20 Å². The van der Waals surface area contributed by atoms with Crippen LogP contribution in [0.4, 0.5) is 0 Å². The number of benzene rings is 1. The molecule has 0 saturated heterocycles. The summed E-state index contributed by atoms with van der Waals surface area (Å²) in [5.74, 6) is 0.218. The number of aryl methyl sites for hydroxylation is 1. The van der Waals surface area contributed by atoms with E-state index >= 15 is 0 Å². The van der Waals surface area contributed by atoms with E-state index in [4.69, 9.17) is 21.1 Å². The second kappa shape index (κ2) is 9.08. The van der Waals surface area contributed by atoms with Crippen LogP contribution in [0.25, 0.3) is 11.3 Å². The van der Waals surface area contributed by atoms with E-state index in [0.29, 0.717) is 42.5 Å². The Morgan fingerprint density at radius 1 is 1.17 bits per heavy atom. The number of nitrogens with zero attached hydrogens (tertiary/aromatic N) is 1. The summed E-state index contributed by atoms with van der Waals surface area (Å²) in [4.78, 5) is 26.3. The second-order valence-corrected chi connectivity index (χ2v) is 5.76. The molecule has 2 aromatic rings. The Kier molecular flexibility index (Phi) is 6.81. The molecule has 1 heterocycles. The van der Waals surface area contributed by atoms with Crippen LogP contribution >= 0.6 is 11.6 Å². The smallest absolute Gasteiger partial charge is 0.303 e. The van der Waals surface area contributed by atoms with Crippen molar-refractivity contribution in [2.75, 3.05) is 6.54 Å². The number of aromatic nitrogens is 1. The van der Waals surface area contributed by atoms with Crippen molar-refractivity contribution in [2.45, 2.75) is 32.1 Å². The van der Waals surface area contributed by atoms with E-state index in [2.05, 4.69) is 10.3 Å². The molecule has 0 atom stereocenters. The molecule has 0 unspecified atom stereocenters. The highest BCUT2D eigenvalue weighted by molar-refractivity contribution is 6.30. The standard InChI is InChI=1S/C17H19ClN2O4/c18-13-6-4-12(5-7-13)14-11-20-16(24-14)9-8-15(21)19-10-2-1-3-17(22)23/h4-7,11H,1-3,8-10H2,(H,19,21)(H,22,23). The number of carboxylic acid groups (broad SMARTS) is 1. The van der Waals surface area contributed by atoms with Crippen LogP contribution in [-0.2, 0) is 16.0 Å². The summed E-state index contributed by atoms with van der Waals surface area (Å²) in [7, 11) is 0. The molecule has 24 heavy (non-hydrogen) atoms. The monoisotopic (exact) mass is 350 g/mol. The minimum absolute atomic E-state index is 0.100. The van der Waals surface area contributed by atoms with E-state index in [1.807, 2.05) is 12.1 Å². The van der Waals surface area contributed by atoms with Gasteiger partial charge in [-0.1, -0.05) is 11.6 Å². The van der Waals surface area contributed by atoms with Gasteiger partial charge in [-0.2, -0.15) is 0 Å². The quantitative estimate of drug-likeness (QED) is 0.677. The van der Waals surface area contributed by atoms with E-state index in [-0.39, 0.29) is 18.7 Å². The molecule has 0 aliphatic rings. The molecule has 0 bridgehead atoms. The van der Waals surface area contributed by atoms with Gasteiger partial charge in [0.2, 0.25) is 5.91 Å². The Hall–Kier alpha value is -2.34. The van der Waals surface area contributed by atoms with Crippen LogP contribution in [-0.4, -0.2) is 28.5 Å². The lowest BCUT2D eigenvalue weighted by Gasteiger charge is -2.03. The molecule has 1 aromatic heterocycles. The molecule has 0 saturated carbocycles. The average molecular weight is 351 g/mol. The molecule has 2 N–H and O–H groups in total. The maximum absolute atomic E-state index is 11.7. The maximum atomic E-state index is 11.7. The van der Waals surface area contributed by atoms with Gasteiger partial charge in [0, 0.05) is 36.4 Å². The lowest BCUT2D eigenvalue weighted by Crippen LogP contribution is -2.24. The highest BCUT2D eigenvalue weighted by Crippen LogP contribution is 2.22. The van der Waals surface area contributed by atoms with Crippen molar-refractivity contribution in [3.8, 4) is 11.3 Å². The fraction of sp³-hybridized carbons (Fsp3) is 0.353. The molecule has 7 heteroatoms. The predicted molar refractivity (Wildman–Crippen MR) is 89.8 cm³/mol. The molecule has 128 valence electrons. The number of oxazole rings is 1. The SMILES string of the molecule is O=C(O)CCCCNC(=O)CCc1ncc(-c2ccc(Cl)cc2)o1. The van der Waals surface area contributed by atoms with Crippen LogP contribution in [0.3, 0.4) is 0 Å². The van der Waals surface area contributed by atoms with Crippen molar-refractivity contribution >= 4 is 23.5 Å². The summed E-state index contributed by atoms with van der Waals surface area (Å²) in [5, 5.41) is 11.9. The summed E-state index contributed by atoms with van der Waals surface area (Å²) < 4.78 is 5.63. The summed E-state index contributed by atoms with van der Waals surface area (Å²) in [6.07, 6.45) is 3.65. The van der Waals surface area contributed by atoms with Crippen LogP contribution in [0.1, 0.15) is 31.6 Å². The molecular formula is C17H19ClN2O4. The van der Waals surface area contributed by atoms with Crippen molar-refractivity contribution in [1.29, 1.82) is 0 Å². The average Bonchev–Trinajstić information content (AvgIpc) is 3.02. The Balaban J connectivity index is 1.71. The fourth-order valence-corrected chi connectivity index (χ4v) is 2.24. The lowest BCUT2D eigenvalue weighted by molar-refractivity contribution is -0.137. The molecular weight excluding hydrogens is 332 g/mol. The number of halogens is 1. The molecule has 0 aliphatic carbocycles. The predicted octanol–water partition coefficient (Wildman–Crippen LogP) is 3.30. The summed E-state index contributed by atoms with van der Waals surface area (Å²) >= 11 is 5.85. The van der Waals surface area contributed by atoms with Crippen LogP contribution in [0.5, 0.6) is 0 Å². The number of hydrogen-bond donors (Lipinski definition) is 2. The first-order valence-electron chi connectivity index (χ1n) is 7.74. The van der Waals surface area contributed by atoms with Crippen molar-refractivity contribution in [3.63, 3.8) is 0 Å². The highest BCUT2D eigenvalue weighted by Gasteiger charge is 2.09. The molecule has 1 amide bonds. The van der Waals surface area contributed by atoms with Crippen LogP contribution < -0.4 is 5.32 Å². The third-order valence-corrected chi connectivity index (χ3v) is 3.64. The molecule has 0 radical (unpaired) electrons. The third-order valence-electron chi connectivity index (χ3n) is 3.39. The van der Waals surface area contributed by atoms with Gasteiger partial charge in [0.25, 0.3) is 0 Å². The van der Waals surface area contributed by atoms with Crippen molar-refractivity contribution < 1.29 is 19.1 Å². The maximum Gasteiger partial charge on any atom is 0.303 e. The molecule has 1 aromatic carbocycles. The number of aliphatic carboxylic acids is 1. The zero-order valence-corrected chi connectivity index (χ0v) is 13.9. The van der Waals surface area contributed by atoms with Crippen molar-refractivity contribution in [1.82, 2.24) is 10.3 Å². The normalized spacial score (nSPS) is 10.5. The first-order chi connectivity index (χ1) is 11.5. The van der Waals surface area contributed by atoms with Gasteiger partial charge in [0.15, 0.2) is 11.7 Å². The Bertz CT molecular complexity index is 682. The van der Waals surface area contributed by atoms with E-state index in [0.717, 1.165) is 5.56 Å². The minimum atomic E-state index is -0.818. The van der Waals surface area contributed by atoms with Gasteiger partial charge in [-0.3, -0.25) is 9.59 Å². The van der Waals surface area contributed by atoms with Gasteiger partial charge in [0.1, 0.15) is 0 Å². The van der Waals surface area contributed by atoms with Gasteiger partial charge >= 0.3 is 5.97 Å². The van der Waals surface area contributed by atoms with Crippen molar-refractivity contribution in [3.05, 3.63) is 41.4 Å². The molecule has 2 rings (SSSR count). The second-order valence-electron chi connectivity index (χ2n) is 5.33. The minimum Gasteiger partial charge on any atom is -0.481 e. The number of carbonyl (C=O) groups excluding carboxylic acids is 1. The topological polar surface area (TPSA) is 92.4 Å². The number of rotatable bonds is 9. The molecule has 0 spiro atoms. The van der Waals surface area contributed by atoms with Crippen LogP contribution in [0.2, 0.25) is 5.02 Å². The molecule has 0 aliphatic heterocycles. The first-order valence-corrected chi connectivity index (χ1v) is 8.11. The lowest BCUT2D eigenvalue weighted by atomic mass is 10.2. The number of amides is 1. The Morgan fingerprint density at radius 2 is 1.92 bits per heavy atom. The van der Waals surface area contributed by atoms with E-state index in [1.165, 1.54) is 0 Å². The Morgan fingerprint density at radius 3 is 2.62 bits per heavy atom. The zero-order chi connectivity index (χ0) is 17.4. The van der Waals surface area contributed by atoms with Crippen LogP contribution in [0.15, 0.2) is 34.9 Å². The first kappa shape index (κ1) is 18.0. The zero-order valence-electron chi connectivity index (χ0n) is 13.1. The van der Waals surface area contributed by atoms with Crippen molar-refractivity contribution in [2.24, 2.45) is 0 Å². The number of nitrogens with one attached hydrogen (secondary N) is 1. The fourth-order valence-electron chi connectivity index (χ4n) is 2.11. The summed E-state index contributed by atoms with van der Waals surface area (Å²) in [6, 6.07) is 7.24. The van der Waals surface area contributed by atoms with Gasteiger partial charge < -0.3 is 14.8 Å². The summed E-state index contributed by atoms with van der Waals surface area (Å²) in [6.45, 7) is 0.480. The van der Waals surface area contributed by atoms with E-state index in [9.17, 15) is 9.59 Å². The van der Waals surface area contributed by atoms with Gasteiger partial charge in [-0.05, 0) is 37.1 Å². The van der Waals surface area contributed by atoms with Crippen LogP contribution in [0, 0.1) is 0 Å². The number of carbonyl (C=O) groups is 2. The van der Waals surface area contributed by atoms with E-state index < -0.39 is 5.97 Å². The summed E-state index contributed by atoms with van der Waals surface area (Å²) in [5.41, 5.74) is 0.876. The molecule has 0 fully saturated rings. The van der Waals surface area contributed by atoms with E-state index in [1.54, 1.807) is 18.3 Å². The third kappa shape index (κ3) is 6.04. The number of hydrogen-bond acceptors (Lipinski definition) is 4.